The maximum atomic E-state index is 6.42. The number of rotatable bonds is 4. The van der Waals surface area contributed by atoms with E-state index in [9.17, 15) is 0 Å². The molecule has 0 aliphatic rings. The van der Waals surface area contributed by atoms with Gasteiger partial charge in [-0.2, -0.15) is 0 Å². The summed E-state index contributed by atoms with van der Waals surface area (Å²) in [6, 6.07) is 39.5. The minimum absolute atomic E-state index is 0.545. The molecule has 0 aliphatic carbocycles. The van der Waals surface area contributed by atoms with Gasteiger partial charge < -0.3 is 4.42 Å². The summed E-state index contributed by atoms with van der Waals surface area (Å²) in [5, 5.41) is 14.3. The number of aryl methyl sites for hydroxylation is 4. The second kappa shape index (κ2) is 10.7. The molecule has 0 N–H and O–H groups in total. The number of hydrogen-bond donors (Lipinski definition) is 0. The first-order chi connectivity index (χ1) is 22.9. The Balaban J connectivity index is 1.09. The second-order valence-electron chi connectivity index (χ2n) is 12.4. The summed E-state index contributed by atoms with van der Waals surface area (Å²) in [4.78, 5) is 0. The van der Waals surface area contributed by atoms with Crippen LogP contribution in [0.5, 0.6) is 0 Å². The predicted molar refractivity (Wildman–Crippen MR) is 201 cm³/mol. The van der Waals surface area contributed by atoms with Gasteiger partial charge in [0.05, 0.1) is 0 Å². The smallest absolute Gasteiger partial charge is 0.248 e. The largest absolute Gasteiger partial charge is 0.416 e. The summed E-state index contributed by atoms with van der Waals surface area (Å²) < 4.78 is 11.7. The quantitative estimate of drug-likeness (QED) is 0.192. The molecule has 0 radical (unpaired) electrons. The van der Waals surface area contributed by atoms with Crippen LogP contribution in [0.15, 0.2) is 114 Å². The molecule has 0 aliphatic heterocycles. The molecule has 6 aromatic carbocycles. The third-order valence-electron chi connectivity index (χ3n) is 9.42. The molecule has 0 saturated heterocycles. The lowest BCUT2D eigenvalue weighted by atomic mass is 9.94. The highest BCUT2D eigenvalue weighted by Crippen LogP contribution is 2.44. The van der Waals surface area contributed by atoms with Crippen molar-refractivity contribution in [2.75, 3.05) is 0 Å². The molecule has 0 fully saturated rings. The van der Waals surface area contributed by atoms with Crippen molar-refractivity contribution in [2.45, 2.75) is 27.7 Å². The SMILES string of the molecule is Cc1cc(-c2cccc3c2sc2ccccc23)c(C)cc1-c1nnc(-c2cc(C)c(-c3cccc4c3sc3ccccc34)cc2C)o1. The summed E-state index contributed by atoms with van der Waals surface area (Å²) in [6.07, 6.45) is 0. The standard InChI is InChI=1S/C42H30N2OS2/c1-23-21-35(25(3)19-33(23)31-15-9-13-29-27-11-5-7-17-37(27)46-39(29)31)41-43-44-42(45-41)36-22-24(2)34(20-26(36)4)32-16-10-14-30-28-12-6-8-18-38(28)47-40(30)32/h5-22H,1-4H3. The van der Waals surface area contributed by atoms with E-state index in [4.69, 9.17) is 4.42 Å². The summed E-state index contributed by atoms with van der Waals surface area (Å²) in [5.74, 6) is 1.09. The molecule has 3 aromatic heterocycles. The van der Waals surface area contributed by atoms with Gasteiger partial charge in [-0.25, -0.2) is 0 Å². The number of aromatic nitrogens is 2. The molecule has 0 amide bonds. The zero-order valence-electron chi connectivity index (χ0n) is 26.5. The van der Waals surface area contributed by atoms with Crippen LogP contribution >= 0.6 is 22.7 Å². The molecule has 0 spiro atoms. The zero-order valence-corrected chi connectivity index (χ0v) is 28.1. The van der Waals surface area contributed by atoms with Crippen LogP contribution in [0.4, 0.5) is 0 Å². The Bertz CT molecular complexity index is 2510. The fourth-order valence-corrected chi connectivity index (χ4v) is 9.49. The molecule has 5 heteroatoms. The van der Waals surface area contributed by atoms with Gasteiger partial charge in [-0.3, -0.25) is 0 Å². The van der Waals surface area contributed by atoms with Gasteiger partial charge >= 0.3 is 0 Å². The van der Waals surface area contributed by atoms with Gasteiger partial charge in [-0.15, -0.1) is 32.9 Å². The zero-order chi connectivity index (χ0) is 31.8. The van der Waals surface area contributed by atoms with E-state index in [-0.39, 0.29) is 0 Å². The van der Waals surface area contributed by atoms with E-state index in [1.807, 2.05) is 22.7 Å². The maximum Gasteiger partial charge on any atom is 0.248 e. The molecular weight excluding hydrogens is 613 g/mol. The molecule has 0 atom stereocenters. The minimum atomic E-state index is 0.545. The van der Waals surface area contributed by atoms with E-state index in [1.54, 1.807) is 0 Å². The van der Waals surface area contributed by atoms with E-state index >= 15 is 0 Å². The van der Waals surface area contributed by atoms with Crippen molar-refractivity contribution in [3.8, 4) is 45.2 Å². The number of fused-ring (bicyclic) bond motifs is 6. The first kappa shape index (κ1) is 28.1. The average molecular weight is 643 g/mol. The maximum absolute atomic E-state index is 6.42. The van der Waals surface area contributed by atoms with Gasteiger partial charge in [0.1, 0.15) is 0 Å². The molecule has 3 nitrogen and oxygen atoms in total. The monoisotopic (exact) mass is 642 g/mol. The van der Waals surface area contributed by atoms with Crippen molar-refractivity contribution < 1.29 is 4.42 Å². The van der Waals surface area contributed by atoms with E-state index in [0.717, 1.165) is 22.3 Å². The summed E-state index contributed by atoms with van der Waals surface area (Å²) in [6.45, 7) is 8.61. The Hall–Kier alpha value is -5.10. The highest BCUT2D eigenvalue weighted by atomic mass is 32.1. The number of benzene rings is 6. The Morgan fingerprint density at radius 1 is 0.404 bits per heavy atom. The summed E-state index contributed by atoms with van der Waals surface area (Å²) in [5.41, 5.74) is 11.5. The molecule has 9 aromatic rings. The summed E-state index contributed by atoms with van der Waals surface area (Å²) in [7, 11) is 0. The Labute approximate surface area is 280 Å². The van der Waals surface area contributed by atoms with Crippen LogP contribution in [0.1, 0.15) is 22.3 Å². The van der Waals surface area contributed by atoms with Gasteiger partial charge in [0.15, 0.2) is 0 Å². The molecule has 9 rings (SSSR count). The van der Waals surface area contributed by atoms with Gasteiger partial charge in [0.2, 0.25) is 11.8 Å². The van der Waals surface area contributed by atoms with Gasteiger partial charge in [0.25, 0.3) is 0 Å². The lowest BCUT2D eigenvalue weighted by Crippen LogP contribution is -1.91. The highest BCUT2D eigenvalue weighted by Gasteiger charge is 2.20. The first-order valence-electron chi connectivity index (χ1n) is 15.8. The van der Waals surface area contributed by atoms with Crippen LogP contribution in [-0.2, 0) is 0 Å². The van der Waals surface area contributed by atoms with E-state index in [1.165, 1.54) is 73.7 Å². The molecule has 47 heavy (non-hydrogen) atoms. The number of hydrogen-bond acceptors (Lipinski definition) is 5. The van der Waals surface area contributed by atoms with Crippen molar-refractivity contribution in [1.29, 1.82) is 0 Å². The Morgan fingerprint density at radius 3 is 1.26 bits per heavy atom. The van der Waals surface area contributed by atoms with Crippen molar-refractivity contribution in [1.82, 2.24) is 10.2 Å². The summed E-state index contributed by atoms with van der Waals surface area (Å²) >= 11 is 3.72. The topological polar surface area (TPSA) is 38.9 Å². The molecular formula is C42H30N2OS2. The normalized spacial score (nSPS) is 11.8. The molecule has 0 saturated carbocycles. The second-order valence-corrected chi connectivity index (χ2v) is 14.5. The third kappa shape index (κ3) is 4.45. The molecule has 226 valence electrons. The molecule has 0 bridgehead atoms. The van der Waals surface area contributed by atoms with Crippen LogP contribution in [-0.4, -0.2) is 10.2 Å². The van der Waals surface area contributed by atoms with Crippen LogP contribution in [0, 0.1) is 27.7 Å². The van der Waals surface area contributed by atoms with Crippen LogP contribution in [0.2, 0.25) is 0 Å². The van der Waals surface area contributed by atoms with Crippen LogP contribution in [0.25, 0.3) is 85.5 Å². The van der Waals surface area contributed by atoms with Gasteiger partial charge in [0, 0.05) is 51.5 Å². The number of nitrogens with zero attached hydrogens (tertiary/aromatic N) is 2. The van der Waals surface area contributed by atoms with E-state index < -0.39 is 0 Å². The van der Waals surface area contributed by atoms with E-state index in [0.29, 0.717) is 11.8 Å². The van der Waals surface area contributed by atoms with Crippen molar-refractivity contribution in [2.24, 2.45) is 0 Å². The highest BCUT2D eigenvalue weighted by molar-refractivity contribution is 7.26. The van der Waals surface area contributed by atoms with Crippen molar-refractivity contribution in [3.63, 3.8) is 0 Å². The minimum Gasteiger partial charge on any atom is -0.416 e. The molecule has 0 unspecified atom stereocenters. The van der Waals surface area contributed by atoms with Crippen molar-refractivity contribution >= 4 is 63.0 Å². The molecule has 3 heterocycles. The van der Waals surface area contributed by atoms with E-state index in [2.05, 4.69) is 147 Å². The lowest BCUT2D eigenvalue weighted by Gasteiger charge is -2.12. The lowest BCUT2D eigenvalue weighted by molar-refractivity contribution is 0.583. The van der Waals surface area contributed by atoms with Crippen LogP contribution < -0.4 is 0 Å². The van der Waals surface area contributed by atoms with Crippen LogP contribution in [0.3, 0.4) is 0 Å². The fourth-order valence-electron chi connectivity index (χ4n) is 7.03. The Kier molecular flexibility index (Phi) is 6.43. The fraction of sp³-hybridized carbons (Fsp3) is 0.0952. The average Bonchev–Trinajstić information content (AvgIpc) is 3.82. The number of thiophene rings is 2. The van der Waals surface area contributed by atoms with Crippen molar-refractivity contribution in [3.05, 3.63) is 131 Å². The predicted octanol–water partition coefficient (Wildman–Crippen LogP) is 12.7. The third-order valence-corrected chi connectivity index (χ3v) is 11.9. The van der Waals surface area contributed by atoms with Gasteiger partial charge in [-0.1, -0.05) is 84.9 Å². The van der Waals surface area contributed by atoms with Gasteiger partial charge in [-0.05, 0) is 96.5 Å². The Morgan fingerprint density at radius 2 is 0.787 bits per heavy atom. The first-order valence-corrected chi connectivity index (χ1v) is 17.5.